The fourth-order valence-electron chi connectivity index (χ4n) is 4.52. The summed E-state index contributed by atoms with van der Waals surface area (Å²) in [5.74, 6) is 1.27. The molecule has 1 aliphatic carbocycles. The summed E-state index contributed by atoms with van der Waals surface area (Å²) >= 11 is 0. The van der Waals surface area contributed by atoms with Crippen molar-refractivity contribution in [2.75, 3.05) is 0 Å². The number of rotatable bonds is 5. The first-order valence-corrected chi connectivity index (χ1v) is 11.2. The highest BCUT2D eigenvalue weighted by Crippen LogP contribution is 2.37. The summed E-state index contributed by atoms with van der Waals surface area (Å²) in [5, 5.41) is 2.58. The lowest BCUT2D eigenvalue weighted by atomic mass is 9.87. The van der Waals surface area contributed by atoms with Gasteiger partial charge in [-0.2, -0.15) is 0 Å². The third-order valence-electron chi connectivity index (χ3n) is 6.08. The minimum atomic E-state index is 0.371. The van der Waals surface area contributed by atoms with Crippen molar-refractivity contribution in [3.05, 3.63) is 114 Å². The number of para-hydroxylation sites is 2. The Balaban J connectivity index is 1.46. The summed E-state index contributed by atoms with van der Waals surface area (Å²) in [6, 6.07) is 21.6. The van der Waals surface area contributed by atoms with Gasteiger partial charge in [0.2, 0.25) is 0 Å². The van der Waals surface area contributed by atoms with Gasteiger partial charge in [0, 0.05) is 38.9 Å². The van der Waals surface area contributed by atoms with Gasteiger partial charge in [-0.25, -0.2) is 0 Å². The van der Waals surface area contributed by atoms with Gasteiger partial charge < -0.3 is 9.72 Å². The van der Waals surface area contributed by atoms with Crippen LogP contribution in [0.15, 0.2) is 97.3 Å². The minimum Gasteiger partial charge on any atom is -0.464 e. The fraction of sp³-hybridized carbons (Fsp3) is 0.133. The molecule has 1 aliphatic rings. The maximum Gasteiger partial charge on any atom is 0.141 e. The third-order valence-corrected chi connectivity index (χ3v) is 6.08. The van der Waals surface area contributed by atoms with Crippen LogP contribution in [0.5, 0.6) is 5.75 Å². The Morgan fingerprint density at radius 2 is 1.78 bits per heavy atom. The van der Waals surface area contributed by atoms with Crippen molar-refractivity contribution in [1.82, 2.24) is 4.98 Å². The van der Waals surface area contributed by atoms with E-state index in [0.717, 1.165) is 23.3 Å². The van der Waals surface area contributed by atoms with Crippen LogP contribution in [0, 0.1) is 0 Å². The van der Waals surface area contributed by atoms with Crippen LogP contribution < -0.4 is 4.74 Å². The predicted octanol–water partition coefficient (Wildman–Crippen LogP) is 8.39. The number of allylic oxidation sites excluding steroid dienone is 6. The Kier molecular flexibility index (Phi) is 5.51. The quantitative estimate of drug-likeness (QED) is 0.324. The van der Waals surface area contributed by atoms with Crippen LogP contribution in [0.2, 0.25) is 0 Å². The highest BCUT2D eigenvalue weighted by Gasteiger charge is 2.17. The Labute approximate surface area is 189 Å². The molecule has 2 nitrogen and oxygen atoms in total. The molecule has 158 valence electrons. The third kappa shape index (κ3) is 3.69. The molecule has 0 fully saturated rings. The van der Waals surface area contributed by atoms with Crippen LogP contribution in [0.4, 0.5) is 0 Å². The Morgan fingerprint density at radius 1 is 0.906 bits per heavy atom. The Hall–Kier alpha value is -3.78. The maximum atomic E-state index is 6.00. The SMILES string of the molecule is C/C=C/Oc1c(/C=C/C)cccc1C1=CCC(c2ccc3[nH]c4ccccc4c3c2)C=C1. The van der Waals surface area contributed by atoms with Gasteiger partial charge >= 0.3 is 0 Å². The van der Waals surface area contributed by atoms with Crippen molar-refractivity contribution in [3.8, 4) is 5.75 Å². The monoisotopic (exact) mass is 417 g/mol. The van der Waals surface area contributed by atoms with E-state index in [2.05, 4.69) is 90.0 Å². The summed E-state index contributed by atoms with van der Waals surface area (Å²) < 4.78 is 6.00. The highest BCUT2D eigenvalue weighted by atomic mass is 16.5. The second-order valence-corrected chi connectivity index (χ2v) is 8.15. The summed E-state index contributed by atoms with van der Waals surface area (Å²) in [5.41, 5.74) is 7.15. The smallest absolute Gasteiger partial charge is 0.141 e. The molecule has 5 rings (SSSR count). The molecule has 0 aliphatic heterocycles. The molecule has 0 spiro atoms. The van der Waals surface area contributed by atoms with Gasteiger partial charge in [-0.3, -0.25) is 0 Å². The molecule has 32 heavy (non-hydrogen) atoms. The first-order valence-electron chi connectivity index (χ1n) is 11.2. The molecule has 2 heteroatoms. The molecule has 1 heterocycles. The standard InChI is InChI=1S/C30H27NO/c1-3-8-23-9-7-11-25(30(23)32-19-4-2)22-15-13-21(14-16-22)24-17-18-29-27(20-24)26-10-5-6-12-28(26)31-29/h3-13,15-21,31H,14H2,1-2H3/b8-3+,19-4+. The van der Waals surface area contributed by atoms with E-state index in [0.29, 0.717) is 5.92 Å². The van der Waals surface area contributed by atoms with Crippen LogP contribution in [0.1, 0.15) is 42.9 Å². The topological polar surface area (TPSA) is 25.0 Å². The Morgan fingerprint density at radius 3 is 2.59 bits per heavy atom. The Bertz CT molecular complexity index is 1400. The number of aromatic nitrogens is 1. The maximum absolute atomic E-state index is 6.00. The molecule has 0 radical (unpaired) electrons. The van der Waals surface area contributed by atoms with Crippen molar-refractivity contribution < 1.29 is 4.74 Å². The molecule has 0 amide bonds. The fourth-order valence-corrected chi connectivity index (χ4v) is 4.52. The van der Waals surface area contributed by atoms with Crippen molar-refractivity contribution >= 4 is 33.5 Å². The molecule has 1 atom stereocenters. The van der Waals surface area contributed by atoms with E-state index in [-0.39, 0.29) is 0 Å². The van der Waals surface area contributed by atoms with Gasteiger partial charge in [-0.1, -0.05) is 78.9 Å². The van der Waals surface area contributed by atoms with Crippen LogP contribution in [0.3, 0.4) is 0 Å². The van der Waals surface area contributed by atoms with E-state index >= 15 is 0 Å². The van der Waals surface area contributed by atoms with Crippen LogP contribution >= 0.6 is 0 Å². The van der Waals surface area contributed by atoms with E-state index in [1.807, 2.05) is 26.0 Å². The molecule has 1 unspecified atom stereocenters. The molecule has 1 N–H and O–H groups in total. The van der Waals surface area contributed by atoms with Crippen LogP contribution in [-0.2, 0) is 0 Å². The number of aromatic amines is 1. The first-order chi connectivity index (χ1) is 15.8. The van der Waals surface area contributed by atoms with Crippen molar-refractivity contribution in [2.45, 2.75) is 26.2 Å². The van der Waals surface area contributed by atoms with Crippen molar-refractivity contribution in [2.24, 2.45) is 0 Å². The molecular formula is C30H27NO. The number of ether oxygens (including phenoxy) is 1. The number of benzene rings is 3. The largest absolute Gasteiger partial charge is 0.464 e. The minimum absolute atomic E-state index is 0.371. The number of H-pyrrole nitrogens is 1. The number of fused-ring (bicyclic) bond motifs is 3. The van der Waals surface area contributed by atoms with E-state index in [9.17, 15) is 0 Å². The lowest BCUT2D eigenvalue weighted by molar-refractivity contribution is 0.477. The van der Waals surface area contributed by atoms with Gasteiger partial charge in [0.05, 0.1) is 6.26 Å². The average molecular weight is 418 g/mol. The van der Waals surface area contributed by atoms with Gasteiger partial charge in [0.1, 0.15) is 5.75 Å². The number of hydrogen-bond donors (Lipinski definition) is 1. The lowest BCUT2D eigenvalue weighted by Crippen LogP contribution is -2.00. The number of nitrogens with one attached hydrogen (secondary N) is 1. The van der Waals surface area contributed by atoms with Gasteiger partial charge in [0.25, 0.3) is 0 Å². The summed E-state index contributed by atoms with van der Waals surface area (Å²) in [4.78, 5) is 3.52. The van der Waals surface area contributed by atoms with Gasteiger partial charge in [-0.15, -0.1) is 0 Å². The summed E-state index contributed by atoms with van der Waals surface area (Å²) in [6.07, 6.45) is 15.7. The summed E-state index contributed by atoms with van der Waals surface area (Å²) in [6.45, 7) is 3.99. The second-order valence-electron chi connectivity index (χ2n) is 8.15. The first kappa shape index (κ1) is 20.1. The van der Waals surface area contributed by atoms with Gasteiger partial charge in [0.15, 0.2) is 0 Å². The van der Waals surface area contributed by atoms with Crippen LogP contribution in [0.25, 0.3) is 33.5 Å². The van der Waals surface area contributed by atoms with E-state index < -0.39 is 0 Å². The molecule has 0 saturated carbocycles. The van der Waals surface area contributed by atoms with Crippen molar-refractivity contribution in [1.29, 1.82) is 0 Å². The van der Waals surface area contributed by atoms with Gasteiger partial charge in [-0.05, 0) is 49.6 Å². The normalized spacial score (nSPS) is 16.4. The zero-order chi connectivity index (χ0) is 21.9. The zero-order valence-electron chi connectivity index (χ0n) is 18.5. The molecule has 3 aromatic carbocycles. The van der Waals surface area contributed by atoms with E-state index in [4.69, 9.17) is 4.74 Å². The van der Waals surface area contributed by atoms with E-state index in [1.54, 1.807) is 6.26 Å². The zero-order valence-corrected chi connectivity index (χ0v) is 18.5. The second kappa shape index (κ2) is 8.76. The highest BCUT2D eigenvalue weighted by molar-refractivity contribution is 6.07. The molecule has 1 aromatic heterocycles. The molecule has 4 aromatic rings. The molecular weight excluding hydrogens is 390 g/mol. The van der Waals surface area contributed by atoms with Crippen LogP contribution in [-0.4, -0.2) is 4.98 Å². The van der Waals surface area contributed by atoms with E-state index in [1.165, 1.54) is 32.9 Å². The summed E-state index contributed by atoms with van der Waals surface area (Å²) in [7, 11) is 0. The number of hydrogen-bond acceptors (Lipinski definition) is 1. The average Bonchev–Trinajstić information content (AvgIpc) is 3.21. The molecule has 0 saturated heterocycles. The predicted molar refractivity (Wildman–Crippen MR) is 137 cm³/mol. The lowest BCUT2D eigenvalue weighted by Gasteiger charge is -2.19. The van der Waals surface area contributed by atoms with Crippen molar-refractivity contribution in [3.63, 3.8) is 0 Å². The molecule has 0 bridgehead atoms.